The topological polar surface area (TPSA) is 86.3 Å². The van der Waals surface area contributed by atoms with E-state index in [9.17, 15) is 9.59 Å². The molecule has 8 nitrogen and oxygen atoms in total. The molecule has 1 saturated heterocycles. The van der Waals surface area contributed by atoms with Crippen molar-refractivity contribution in [3.05, 3.63) is 48.0 Å². The van der Waals surface area contributed by atoms with Gasteiger partial charge in [-0.25, -0.2) is 0 Å². The lowest BCUT2D eigenvalue weighted by atomic mass is 10.2. The fraction of sp³-hybridized carbons (Fsp3) is 0.273. The number of hydrogen-bond acceptors (Lipinski definition) is 6. The minimum Gasteiger partial charge on any atom is -0.486 e. The largest absolute Gasteiger partial charge is 0.486 e. The molecule has 2 aromatic carbocycles. The predicted octanol–water partition coefficient (Wildman–Crippen LogP) is 2.12. The Kier molecular flexibility index (Phi) is 4.66. The second-order valence-electron chi connectivity index (χ2n) is 7.19. The molecule has 3 aliphatic rings. The number of ether oxygens (including phenoxy) is 4. The molecule has 154 valence electrons. The number of carbonyl (C=O) groups excluding carboxylic acids is 2. The molecule has 3 heterocycles. The third-order valence-electron chi connectivity index (χ3n) is 5.13. The van der Waals surface area contributed by atoms with Gasteiger partial charge in [-0.1, -0.05) is 6.07 Å². The lowest BCUT2D eigenvalue weighted by Gasteiger charge is -2.22. The van der Waals surface area contributed by atoms with Gasteiger partial charge in [0.1, 0.15) is 13.2 Å². The number of carbonyl (C=O) groups is 2. The molecule has 0 spiro atoms. The maximum absolute atomic E-state index is 12.5. The molecule has 3 aliphatic heterocycles. The van der Waals surface area contributed by atoms with Crippen LogP contribution in [0.4, 0.5) is 5.69 Å². The molecule has 8 heteroatoms. The van der Waals surface area contributed by atoms with E-state index in [2.05, 4.69) is 5.32 Å². The fourth-order valence-electron chi connectivity index (χ4n) is 3.69. The van der Waals surface area contributed by atoms with Gasteiger partial charge in [-0.05, 0) is 35.9 Å². The molecule has 1 unspecified atom stereocenters. The van der Waals surface area contributed by atoms with Gasteiger partial charge in [0.05, 0.1) is 6.04 Å². The van der Waals surface area contributed by atoms with Crippen molar-refractivity contribution >= 4 is 23.6 Å². The average Bonchev–Trinajstić information content (AvgIpc) is 3.37. The van der Waals surface area contributed by atoms with Crippen LogP contribution >= 0.6 is 0 Å². The molecule has 0 aliphatic carbocycles. The van der Waals surface area contributed by atoms with Crippen LogP contribution in [0.15, 0.2) is 42.5 Å². The Balaban J connectivity index is 1.21. The van der Waals surface area contributed by atoms with Crippen molar-refractivity contribution < 1.29 is 28.5 Å². The van der Waals surface area contributed by atoms with Gasteiger partial charge in [-0.15, -0.1) is 0 Å². The Bertz CT molecular complexity index is 1030. The molecule has 2 amide bonds. The normalized spacial score (nSPS) is 19.4. The second kappa shape index (κ2) is 7.62. The summed E-state index contributed by atoms with van der Waals surface area (Å²) in [7, 11) is 0. The van der Waals surface area contributed by atoms with Crippen LogP contribution in [0.1, 0.15) is 12.0 Å². The average molecular weight is 408 g/mol. The summed E-state index contributed by atoms with van der Waals surface area (Å²) in [6.07, 6.45) is 3.40. The number of nitrogens with one attached hydrogen (secondary N) is 1. The van der Waals surface area contributed by atoms with E-state index in [1.54, 1.807) is 29.2 Å². The SMILES string of the molecule is O=C(C=Cc1ccc2c(c1)OCO2)NC1CC(=O)N(c2ccc3c(c2)OCCO3)C1. The second-order valence-corrected chi connectivity index (χ2v) is 7.19. The first-order valence-electron chi connectivity index (χ1n) is 9.74. The van der Waals surface area contributed by atoms with Crippen molar-refractivity contribution in [2.24, 2.45) is 0 Å². The van der Waals surface area contributed by atoms with Crippen LogP contribution in [-0.4, -0.2) is 44.4 Å². The summed E-state index contributed by atoms with van der Waals surface area (Å²) in [5, 5.41) is 2.89. The van der Waals surface area contributed by atoms with Gasteiger partial charge in [0, 0.05) is 30.8 Å². The number of anilines is 1. The molecule has 0 saturated carbocycles. The number of fused-ring (bicyclic) bond motifs is 2. The lowest BCUT2D eigenvalue weighted by Crippen LogP contribution is -2.36. The molecule has 2 aromatic rings. The number of rotatable bonds is 4. The highest BCUT2D eigenvalue weighted by Gasteiger charge is 2.32. The Hall–Kier alpha value is -3.68. The van der Waals surface area contributed by atoms with Crippen LogP contribution in [0.2, 0.25) is 0 Å². The Morgan fingerprint density at radius 3 is 2.60 bits per heavy atom. The zero-order valence-electron chi connectivity index (χ0n) is 16.1. The van der Waals surface area contributed by atoms with Gasteiger partial charge >= 0.3 is 0 Å². The predicted molar refractivity (Wildman–Crippen MR) is 108 cm³/mol. The Morgan fingerprint density at radius 2 is 1.70 bits per heavy atom. The summed E-state index contributed by atoms with van der Waals surface area (Å²) >= 11 is 0. The first kappa shape index (κ1) is 18.4. The Morgan fingerprint density at radius 1 is 0.967 bits per heavy atom. The maximum Gasteiger partial charge on any atom is 0.244 e. The maximum atomic E-state index is 12.5. The van der Waals surface area contributed by atoms with Crippen molar-refractivity contribution in [2.45, 2.75) is 12.5 Å². The molecule has 1 N–H and O–H groups in total. The zero-order valence-corrected chi connectivity index (χ0v) is 16.1. The highest BCUT2D eigenvalue weighted by molar-refractivity contribution is 5.98. The van der Waals surface area contributed by atoms with Crippen LogP contribution in [-0.2, 0) is 9.59 Å². The molecule has 5 rings (SSSR count). The monoisotopic (exact) mass is 408 g/mol. The molecule has 30 heavy (non-hydrogen) atoms. The van der Waals surface area contributed by atoms with Crippen LogP contribution < -0.4 is 29.2 Å². The number of benzene rings is 2. The van der Waals surface area contributed by atoms with E-state index in [0.29, 0.717) is 42.8 Å². The van der Waals surface area contributed by atoms with E-state index < -0.39 is 0 Å². The summed E-state index contributed by atoms with van der Waals surface area (Å²) in [6, 6.07) is 10.6. The smallest absolute Gasteiger partial charge is 0.244 e. The highest BCUT2D eigenvalue weighted by atomic mass is 16.7. The van der Waals surface area contributed by atoms with Gasteiger partial charge < -0.3 is 29.2 Å². The molecule has 1 fully saturated rings. The van der Waals surface area contributed by atoms with E-state index in [1.807, 2.05) is 18.2 Å². The van der Waals surface area contributed by atoms with E-state index in [4.69, 9.17) is 18.9 Å². The van der Waals surface area contributed by atoms with Gasteiger partial charge in [-0.3, -0.25) is 9.59 Å². The van der Waals surface area contributed by atoms with E-state index in [1.165, 1.54) is 6.08 Å². The van der Waals surface area contributed by atoms with Crippen molar-refractivity contribution in [3.63, 3.8) is 0 Å². The summed E-state index contributed by atoms with van der Waals surface area (Å²) in [5.41, 5.74) is 1.56. The number of amides is 2. The summed E-state index contributed by atoms with van der Waals surface area (Å²) in [6.45, 7) is 1.61. The van der Waals surface area contributed by atoms with Crippen molar-refractivity contribution in [1.82, 2.24) is 5.32 Å². The molecule has 1 atom stereocenters. The first-order chi connectivity index (χ1) is 14.7. The molecular weight excluding hydrogens is 388 g/mol. The zero-order chi connectivity index (χ0) is 20.5. The number of hydrogen-bond donors (Lipinski definition) is 1. The van der Waals surface area contributed by atoms with E-state index in [0.717, 1.165) is 11.3 Å². The fourth-order valence-corrected chi connectivity index (χ4v) is 3.69. The van der Waals surface area contributed by atoms with Gasteiger partial charge in [0.2, 0.25) is 18.6 Å². The van der Waals surface area contributed by atoms with Crippen LogP contribution in [0, 0.1) is 0 Å². The van der Waals surface area contributed by atoms with Gasteiger partial charge in [-0.2, -0.15) is 0 Å². The molecule has 0 aromatic heterocycles. The van der Waals surface area contributed by atoms with Crippen molar-refractivity contribution in [2.75, 3.05) is 31.5 Å². The van der Waals surface area contributed by atoms with Crippen molar-refractivity contribution in [1.29, 1.82) is 0 Å². The minimum atomic E-state index is -0.264. The third kappa shape index (κ3) is 3.63. The summed E-state index contributed by atoms with van der Waals surface area (Å²) in [4.78, 5) is 26.5. The van der Waals surface area contributed by atoms with Crippen LogP contribution in [0.25, 0.3) is 6.08 Å². The van der Waals surface area contributed by atoms with Crippen LogP contribution in [0.5, 0.6) is 23.0 Å². The summed E-state index contributed by atoms with van der Waals surface area (Å²) < 4.78 is 21.7. The molecule has 0 radical (unpaired) electrons. The van der Waals surface area contributed by atoms with E-state index >= 15 is 0 Å². The highest BCUT2D eigenvalue weighted by Crippen LogP contribution is 2.35. The van der Waals surface area contributed by atoms with E-state index in [-0.39, 0.29) is 31.1 Å². The van der Waals surface area contributed by atoms with Gasteiger partial charge in [0.15, 0.2) is 23.0 Å². The first-order valence-corrected chi connectivity index (χ1v) is 9.74. The lowest BCUT2D eigenvalue weighted by molar-refractivity contribution is -0.117. The molecule has 0 bridgehead atoms. The molecular formula is C22H20N2O6. The van der Waals surface area contributed by atoms with Crippen LogP contribution in [0.3, 0.4) is 0 Å². The standard InChI is InChI=1S/C22H20N2O6/c25-21(6-2-14-1-4-18-19(9-14)30-13-29-18)23-15-10-22(26)24(12-15)16-3-5-17-20(11-16)28-8-7-27-17/h1-6,9,11,15H,7-8,10,12-13H2,(H,23,25). The minimum absolute atomic E-state index is 0.0447. The quantitative estimate of drug-likeness (QED) is 0.780. The van der Waals surface area contributed by atoms with Crippen molar-refractivity contribution in [3.8, 4) is 23.0 Å². The van der Waals surface area contributed by atoms with Gasteiger partial charge in [0.25, 0.3) is 0 Å². The summed E-state index contributed by atoms with van der Waals surface area (Å²) in [5.74, 6) is 2.36. The number of nitrogens with zero attached hydrogens (tertiary/aromatic N) is 1. The Labute approximate surface area is 173 Å². The third-order valence-corrected chi connectivity index (χ3v) is 5.13.